The molecule has 2 fully saturated rings. The van der Waals surface area contributed by atoms with Gasteiger partial charge in [0.15, 0.2) is 0 Å². The molecule has 2 amide bonds. The van der Waals surface area contributed by atoms with Crippen LogP contribution >= 0.6 is 0 Å². The van der Waals surface area contributed by atoms with Crippen molar-refractivity contribution < 1.29 is 23.9 Å². The van der Waals surface area contributed by atoms with Gasteiger partial charge in [0.25, 0.3) is 0 Å². The number of likely N-dealkylation sites (tertiary alicyclic amines) is 1. The minimum atomic E-state index is -1.09. The number of carbonyl (C=O) groups excluding carboxylic acids is 3. The SMILES string of the molecule is CCCCNC(=O)C[C@H]1C[C@@]2(C(=O)OC)C(=C[C@H](C3CCCC3)O[C@@H]2C)N(CCC2=CCCCC2)C1=O. The molecule has 4 atom stereocenters. The van der Waals surface area contributed by atoms with Crippen LogP contribution in [0.4, 0.5) is 0 Å². The summed E-state index contributed by atoms with van der Waals surface area (Å²) in [4.78, 5) is 42.2. The molecule has 1 saturated heterocycles. The molecule has 0 aromatic rings. The fraction of sp³-hybridized carbons (Fsp3) is 0.767. The summed E-state index contributed by atoms with van der Waals surface area (Å²) in [6, 6.07) is 0. The maximum atomic E-state index is 14.0. The number of allylic oxidation sites excluding steroid dienone is 1. The highest BCUT2D eigenvalue weighted by Crippen LogP contribution is 2.52. The van der Waals surface area contributed by atoms with Gasteiger partial charge >= 0.3 is 5.97 Å². The summed E-state index contributed by atoms with van der Waals surface area (Å²) in [6.45, 7) is 5.15. The molecule has 2 heterocycles. The summed E-state index contributed by atoms with van der Waals surface area (Å²) in [7, 11) is 1.41. The second-order valence-electron chi connectivity index (χ2n) is 11.5. The molecule has 0 radical (unpaired) electrons. The number of unbranched alkanes of at least 4 members (excludes halogenated alkanes) is 1. The normalized spacial score (nSPS) is 30.4. The molecule has 0 unspecified atom stereocenters. The van der Waals surface area contributed by atoms with Gasteiger partial charge in [-0.05, 0) is 76.7 Å². The van der Waals surface area contributed by atoms with Crippen LogP contribution in [0, 0.1) is 17.3 Å². The van der Waals surface area contributed by atoms with E-state index in [0.29, 0.717) is 19.0 Å². The first-order chi connectivity index (χ1) is 17.9. The van der Waals surface area contributed by atoms with E-state index in [2.05, 4.69) is 24.4 Å². The Hall–Kier alpha value is -2.15. The molecule has 2 aliphatic heterocycles. The summed E-state index contributed by atoms with van der Waals surface area (Å²) in [5.41, 5.74) is 1.04. The number of methoxy groups -OCH3 is 1. The highest BCUT2D eigenvalue weighted by Gasteiger charge is 2.60. The van der Waals surface area contributed by atoms with Gasteiger partial charge in [0.2, 0.25) is 11.8 Å². The third-order valence-corrected chi connectivity index (χ3v) is 9.05. The van der Waals surface area contributed by atoms with E-state index in [-0.39, 0.29) is 36.7 Å². The number of esters is 1. The van der Waals surface area contributed by atoms with Gasteiger partial charge in [0.1, 0.15) is 5.41 Å². The lowest BCUT2D eigenvalue weighted by Crippen LogP contribution is -2.60. The Labute approximate surface area is 222 Å². The van der Waals surface area contributed by atoms with E-state index >= 15 is 0 Å². The smallest absolute Gasteiger partial charge is 0.320 e. The molecule has 1 N–H and O–H groups in total. The summed E-state index contributed by atoms with van der Waals surface area (Å²) in [5.74, 6) is -0.741. The standard InChI is InChI=1S/C30H46N2O5/c1-4-5-16-31-27(33)18-24-20-30(29(35)36-3)21(2)37-25(23-13-9-10-14-23)19-26(30)32(28(24)34)17-15-22-11-7-6-8-12-22/h11,19,21,23-25H,4-10,12-18,20H2,1-3H3,(H,31,33)/t21-,24+,25-,30+/m1/s1. The highest BCUT2D eigenvalue weighted by atomic mass is 16.5. The maximum Gasteiger partial charge on any atom is 0.320 e. The van der Waals surface area contributed by atoms with Crippen molar-refractivity contribution in [2.45, 2.75) is 110 Å². The third-order valence-electron chi connectivity index (χ3n) is 9.05. The average molecular weight is 515 g/mol. The zero-order valence-corrected chi connectivity index (χ0v) is 23.1. The Morgan fingerprint density at radius 2 is 2.00 bits per heavy atom. The lowest BCUT2D eigenvalue weighted by Gasteiger charge is -2.52. The number of hydrogen-bond donors (Lipinski definition) is 1. The number of ether oxygens (including phenoxy) is 2. The van der Waals surface area contributed by atoms with E-state index < -0.39 is 17.4 Å². The van der Waals surface area contributed by atoms with Crippen LogP contribution in [0.2, 0.25) is 0 Å². The second-order valence-corrected chi connectivity index (χ2v) is 11.5. The fourth-order valence-electron chi connectivity index (χ4n) is 6.87. The molecule has 4 rings (SSSR count). The number of piperidine rings is 1. The van der Waals surface area contributed by atoms with Crippen LogP contribution in [0.5, 0.6) is 0 Å². The van der Waals surface area contributed by atoms with Crippen molar-refractivity contribution in [3.8, 4) is 0 Å². The first kappa shape index (κ1) is 27.9. The maximum absolute atomic E-state index is 14.0. The van der Waals surface area contributed by atoms with Crippen molar-refractivity contribution in [2.24, 2.45) is 17.3 Å². The van der Waals surface area contributed by atoms with E-state index in [1.165, 1.54) is 38.4 Å². The van der Waals surface area contributed by atoms with Crippen LogP contribution in [0.25, 0.3) is 0 Å². The average Bonchev–Trinajstić information content (AvgIpc) is 3.44. The molecule has 4 aliphatic rings. The van der Waals surface area contributed by atoms with Crippen LogP contribution < -0.4 is 5.32 Å². The van der Waals surface area contributed by atoms with E-state index in [4.69, 9.17) is 9.47 Å². The monoisotopic (exact) mass is 514 g/mol. The summed E-state index contributed by atoms with van der Waals surface area (Å²) < 4.78 is 11.9. The summed E-state index contributed by atoms with van der Waals surface area (Å²) in [5, 5.41) is 2.95. The molecular weight excluding hydrogens is 468 g/mol. The van der Waals surface area contributed by atoms with E-state index in [0.717, 1.165) is 50.6 Å². The summed E-state index contributed by atoms with van der Waals surface area (Å²) >= 11 is 0. The van der Waals surface area contributed by atoms with E-state index in [9.17, 15) is 14.4 Å². The van der Waals surface area contributed by atoms with Gasteiger partial charge < -0.3 is 19.7 Å². The van der Waals surface area contributed by atoms with Gasteiger partial charge in [0, 0.05) is 31.1 Å². The lowest BCUT2D eigenvalue weighted by molar-refractivity contribution is -0.177. The Morgan fingerprint density at radius 3 is 2.68 bits per heavy atom. The molecular formula is C30H46N2O5. The zero-order valence-electron chi connectivity index (χ0n) is 23.1. The molecule has 2 aliphatic carbocycles. The Balaban J connectivity index is 1.67. The van der Waals surface area contributed by atoms with Crippen molar-refractivity contribution in [2.75, 3.05) is 20.2 Å². The Morgan fingerprint density at radius 1 is 1.22 bits per heavy atom. The van der Waals surface area contributed by atoms with Gasteiger partial charge in [-0.25, -0.2) is 0 Å². The molecule has 0 spiro atoms. The van der Waals surface area contributed by atoms with Crippen LogP contribution in [0.1, 0.15) is 97.3 Å². The van der Waals surface area contributed by atoms with Gasteiger partial charge in [0.05, 0.1) is 19.3 Å². The molecule has 206 valence electrons. The van der Waals surface area contributed by atoms with E-state index in [1.54, 1.807) is 0 Å². The molecule has 37 heavy (non-hydrogen) atoms. The highest BCUT2D eigenvalue weighted by molar-refractivity contribution is 5.92. The molecule has 0 aromatic heterocycles. The number of rotatable bonds is 10. The first-order valence-electron chi connectivity index (χ1n) is 14.6. The zero-order chi connectivity index (χ0) is 26.4. The second kappa shape index (κ2) is 12.6. The van der Waals surface area contributed by atoms with Crippen LogP contribution in [-0.2, 0) is 23.9 Å². The minimum absolute atomic E-state index is 0.0490. The van der Waals surface area contributed by atoms with Crippen LogP contribution in [-0.4, -0.2) is 55.1 Å². The molecule has 0 bridgehead atoms. The topological polar surface area (TPSA) is 84.9 Å². The molecule has 0 aromatic carbocycles. The summed E-state index contributed by atoms with van der Waals surface area (Å²) in [6.07, 6.45) is 16.0. The predicted molar refractivity (Wildman–Crippen MR) is 142 cm³/mol. The van der Waals surface area contributed by atoms with Crippen LogP contribution in [0.3, 0.4) is 0 Å². The van der Waals surface area contributed by atoms with Crippen molar-refractivity contribution in [1.29, 1.82) is 0 Å². The van der Waals surface area contributed by atoms with Crippen molar-refractivity contribution >= 4 is 17.8 Å². The Kier molecular flexibility index (Phi) is 9.49. The predicted octanol–water partition coefficient (Wildman–Crippen LogP) is 5.05. The number of nitrogens with one attached hydrogen (secondary N) is 1. The number of hydrogen-bond acceptors (Lipinski definition) is 5. The van der Waals surface area contributed by atoms with Gasteiger partial charge in [-0.2, -0.15) is 0 Å². The first-order valence-corrected chi connectivity index (χ1v) is 14.6. The van der Waals surface area contributed by atoms with Crippen molar-refractivity contribution in [3.63, 3.8) is 0 Å². The molecule has 1 saturated carbocycles. The van der Waals surface area contributed by atoms with Gasteiger partial charge in [-0.1, -0.05) is 37.8 Å². The molecule has 7 nitrogen and oxygen atoms in total. The largest absolute Gasteiger partial charge is 0.468 e. The number of carbonyl (C=O) groups is 3. The third kappa shape index (κ3) is 5.97. The van der Waals surface area contributed by atoms with Crippen molar-refractivity contribution in [1.82, 2.24) is 10.2 Å². The fourth-order valence-corrected chi connectivity index (χ4v) is 6.87. The number of nitrogens with zero attached hydrogens (tertiary/aromatic N) is 1. The number of fused-ring (bicyclic) bond motifs is 1. The quantitative estimate of drug-likeness (QED) is 0.250. The molecule has 7 heteroatoms. The van der Waals surface area contributed by atoms with Crippen LogP contribution in [0.15, 0.2) is 23.4 Å². The minimum Gasteiger partial charge on any atom is -0.468 e. The number of amides is 2. The lowest BCUT2D eigenvalue weighted by atomic mass is 9.66. The Bertz CT molecular complexity index is 906. The van der Waals surface area contributed by atoms with Gasteiger partial charge in [-0.15, -0.1) is 0 Å². The van der Waals surface area contributed by atoms with Crippen molar-refractivity contribution in [3.05, 3.63) is 23.4 Å². The van der Waals surface area contributed by atoms with E-state index in [1.807, 2.05) is 11.8 Å². The van der Waals surface area contributed by atoms with Gasteiger partial charge in [-0.3, -0.25) is 14.4 Å².